The van der Waals surface area contributed by atoms with E-state index in [1.807, 2.05) is 12.1 Å². The van der Waals surface area contributed by atoms with E-state index >= 15 is 0 Å². The molecule has 4 heteroatoms. The Kier molecular flexibility index (Phi) is 6.36. The Hall–Kier alpha value is -1.55. The van der Waals surface area contributed by atoms with E-state index in [1.54, 1.807) is 18.9 Å². The van der Waals surface area contributed by atoms with Gasteiger partial charge in [-0.2, -0.15) is 0 Å². The lowest BCUT2D eigenvalue weighted by atomic mass is 10.1. The van der Waals surface area contributed by atoms with Crippen LogP contribution in [0.15, 0.2) is 24.3 Å². The van der Waals surface area contributed by atoms with Gasteiger partial charge < -0.3 is 15.3 Å². The molecule has 4 nitrogen and oxygen atoms in total. The van der Waals surface area contributed by atoms with Gasteiger partial charge in [-0.15, -0.1) is 0 Å². The molecule has 0 radical (unpaired) electrons. The largest absolute Gasteiger partial charge is 0.393 e. The summed E-state index contributed by atoms with van der Waals surface area (Å²) in [5.74, 6) is 0. The van der Waals surface area contributed by atoms with Crippen LogP contribution in [0.4, 0.5) is 4.79 Å². The van der Waals surface area contributed by atoms with Crippen LogP contribution in [0.1, 0.15) is 24.5 Å². The van der Waals surface area contributed by atoms with Crippen LogP contribution in [0.5, 0.6) is 0 Å². The van der Waals surface area contributed by atoms with E-state index in [4.69, 9.17) is 0 Å². The minimum absolute atomic E-state index is 0.0887. The second kappa shape index (κ2) is 7.79. The van der Waals surface area contributed by atoms with Crippen LogP contribution in [0, 0.1) is 6.92 Å². The molecule has 0 aromatic heterocycles. The predicted molar refractivity (Wildman–Crippen MR) is 77.2 cm³/mol. The SMILES string of the molecule is Cc1ccccc1CCNC(=O)N(C)CCC(C)O. The van der Waals surface area contributed by atoms with Crippen molar-refractivity contribution in [3.63, 3.8) is 0 Å². The molecule has 0 aliphatic carbocycles. The van der Waals surface area contributed by atoms with Crippen LogP contribution >= 0.6 is 0 Å². The average Bonchev–Trinajstić information content (AvgIpc) is 2.38. The Morgan fingerprint density at radius 1 is 1.42 bits per heavy atom. The number of aliphatic hydroxyl groups excluding tert-OH is 1. The number of benzene rings is 1. The van der Waals surface area contributed by atoms with E-state index in [1.165, 1.54) is 11.1 Å². The summed E-state index contributed by atoms with van der Waals surface area (Å²) in [5, 5.41) is 12.1. The summed E-state index contributed by atoms with van der Waals surface area (Å²) in [5.41, 5.74) is 2.51. The fourth-order valence-electron chi connectivity index (χ4n) is 1.81. The summed E-state index contributed by atoms with van der Waals surface area (Å²) in [4.78, 5) is 13.4. The van der Waals surface area contributed by atoms with Crippen molar-refractivity contribution in [2.45, 2.75) is 32.8 Å². The molecule has 0 aliphatic heterocycles. The highest BCUT2D eigenvalue weighted by Gasteiger charge is 2.08. The van der Waals surface area contributed by atoms with Crippen molar-refractivity contribution in [1.82, 2.24) is 10.2 Å². The zero-order chi connectivity index (χ0) is 14.3. The molecule has 19 heavy (non-hydrogen) atoms. The number of aliphatic hydroxyl groups is 1. The Morgan fingerprint density at radius 2 is 2.11 bits per heavy atom. The summed E-state index contributed by atoms with van der Waals surface area (Å²) in [6, 6.07) is 8.10. The molecule has 1 rings (SSSR count). The first-order valence-corrected chi connectivity index (χ1v) is 6.72. The van der Waals surface area contributed by atoms with Crippen LogP contribution in [0.25, 0.3) is 0 Å². The van der Waals surface area contributed by atoms with Crippen molar-refractivity contribution in [2.75, 3.05) is 20.1 Å². The van der Waals surface area contributed by atoms with Crippen LogP contribution in [-0.2, 0) is 6.42 Å². The van der Waals surface area contributed by atoms with Gasteiger partial charge in [0.15, 0.2) is 0 Å². The Balaban J connectivity index is 2.29. The lowest BCUT2D eigenvalue weighted by Crippen LogP contribution is -2.39. The van der Waals surface area contributed by atoms with Crippen molar-refractivity contribution in [3.05, 3.63) is 35.4 Å². The summed E-state index contributed by atoms with van der Waals surface area (Å²) in [6.07, 6.45) is 1.06. The molecule has 2 amide bonds. The highest BCUT2D eigenvalue weighted by Crippen LogP contribution is 2.06. The van der Waals surface area contributed by atoms with Gasteiger partial charge in [-0.25, -0.2) is 4.79 Å². The molecular formula is C15H24N2O2. The third-order valence-electron chi connectivity index (χ3n) is 3.16. The van der Waals surface area contributed by atoms with E-state index in [0.717, 1.165) is 6.42 Å². The second-order valence-corrected chi connectivity index (χ2v) is 4.97. The van der Waals surface area contributed by atoms with Gasteiger partial charge in [-0.05, 0) is 37.8 Å². The summed E-state index contributed by atoms with van der Waals surface area (Å²) in [6.45, 7) is 4.99. The molecule has 0 saturated carbocycles. The second-order valence-electron chi connectivity index (χ2n) is 4.97. The molecule has 106 valence electrons. The molecule has 0 aliphatic rings. The van der Waals surface area contributed by atoms with Crippen molar-refractivity contribution >= 4 is 6.03 Å². The molecule has 2 N–H and O–H groups in total. The Morgan fingerprint density at radius 3 is 2.74 bits per heavy atom. The summed E-state index contributed by atoms with van der Waals surface area (Å²) < 4.78 is 0. The van der Waals surface area contributed by atoms with Crippen LogP contribution in [-0.4, -0.2) is 42.3 Å². The average molecular weight is 264 g/mol. The first-order chi connectivity index (χ1) is 9.00. The molecule has 1 aromatic rings. The lowest BCUT2D eigenvalue weighted by Gasteiger charge is -2.18. The monoisotopic (exact) mass is 264 g/mol. The summed E-state index contributed by atoms with van der Waals surface area (Å²) >= 11 is 0. The third kappa shape index (κ3) is 5.75. The van der Waals surface area contributed by atoms with Crippen molar-refractivity contribution in [2.24, 2.45) is 0 Å². The maximum atomic E-state index is 11.8. The molecule has 0 spiro atoms. The van der Waals surface area contributed by atoms with E-state index in [0.29, 0.717) is 19.5 Å². The first kappa shape index (κ1) is 15.5. The minimum Gasteiger partial charge on any atom is -0.393 e. The molecule has 0 bridgehead atoms. The van der Waals surface area contributed by atoms with E-state index in [9.17, 15) is 9.90 Å². The van der Waals surface area contributed by atoms with Crippen molar-refractivity contribution in [3.8, 4) is 0 Å². The van der Waals surface area contributed by atoms with Crippen LogP contribution < -0.4 is 5.32 Å². The molecule has 1 atom stereocenters. The number of aryl methyl sites for hydroxylation is 1. The van der Waals surface area contributed by atoms with Crippen LogP contribution in [0.2, 0.25) is 0 Å². The van der Waals surface area contributed by atoms with E-state index in [-0.39, 0.29) is 12.1 Å². The Labute approximate surface area is 115 Å². The molecule has 0 fully saturated rings. The molecular weight excluding hydrogens is 240 g/mol. The lowest BCUT2D eigenvalue weighted by molar-refractivity contribution is 0.163. The van der Waals surface area contributed by atoms with Gasteiger partial charge in [0.05, 0.1) is 6.10 Å². The van der Waals surface area contributed by atoms with E-state index in [2.05, 4.69) is 24.4 Å². The van der Waals surface area contributed by atoms with Gasteiger partial charge in [-0.3, -0.25) is 0 Å². The number of nitrogens with one attached hydrogen (secondary N) is 1. The number of rotatable bonds is 6. The highest BCUT2D eigenvalue weighted by atomic mass is 16.3. The standard InChI is InChI=1S/C15H24N2O2/c1-12-6-4-5-7-14(12)8-10-16-15(19)17(3)11-9-13(2)18/h4-7,13,18H,8-11H2,1-3H3,(H,16,19). The van der Waals surface area contributed by atoms with Gasteiger partial charge in [0.25, 0.3) is 0 Å². The molecule has 1 aromatic carbocycles. The molecule has 1 unspecified atom stereocenters. The zero-order valence-corrected chi connectivity index (χ0v) is 12.0. The number of urea groups is 1. The number of hydrogen-bond acceptors (Lipinski definition) is 2. The first-order valence-electron chi connectivity index (χ1n) is 6.72. The van der Waals surface area contributed by atoms with Crippen molar-refractivity contribution < 1.29 is 9.90 Å². The fraction of sp³-hybridized carbons (Fsp3) is 0.533. The molecule has 0 saturated heterocycles. The molecule has 0 heterocycles. The third-order valence-corrected chi connectivity index (χ3v) is 3.16. The normalized spacial score (nSPS) is 12.0. The van der Waals surface area contributed by atoms with Gasteiger partial charge in [-0.1, -0.05) is 24.3 Å². The minimum atomic E-state index is -0.373. The van der Waals surface area contributed by atoms with Gasteiger partial charge >= 0.3 is 6.03 Å². The number of carbonyl (C=O) groups is 1. The van der Waals surface area contributed by atoms with Crippen LogP contribution in [0.3, 0.4) is 0 Å². The number of carbonyl (C=O) groups excluding carboxylic acids is 1. The summed E-state index contributed by atoms with van der Waals surface area (Å²) in [7, 11) is 1.74. The van der Waals surface area contributed by atoms with Gasteiger partial charge in [0.2, 0.25) is 0 Å². The quantitative estimate of drug-likeness (QED) is 0.825. The maximum Gasteiger partial charge on any atom is 0.317 e. The number of nitrogens with zero attached hydrogens (tertiary/aromatic N) is 1. The Bertz CT molecular complexity index is 405. The van der Waals surface area contributed by atoms with Gasteiger partial charge in [0.1, 0.15) is 0 Å². The highest BCUT2D eigenvalue weighted by molar-refractivity contribution is 5.73. The topological polar surface area (TPSA) is 52.6 Å². The van der Waals surface area contributed by atoms with E-state index < -0.39 is 0 Å². The number of hydrogen-bond donors (Lipinski definition) is 2. The smallest absolute Gasteiger partial charge is 0.317 e. The predicted octanol–water partition coefficient (Wildman–Crippen LogP) is 1.95. The number of amides is 2. The van der Waals surface area contributed by atoms with Gasteiger partial charge in [0, 0.05) is 20.1 Å². The fourth-order valence-corrected chi connectivity index (χ4v) is 1.81. The zero-order valence-electron chi connectivity index (χ0n) is 12.0. The maximum absolute atomic E-state index is 11.8. The van der Waals surface area contributed by atoms with Crippen molar-refractivity contribution in [1.29, 1.82) is 0 Å².